The van der Waals surface area contributed by atoms with Crippen molar-refractivity contribution in [1.29, 1.82) is 0 Å². The summed E-state index contributed by atoms with van der Waals surface area (Å²) in [7, 11) is -9.92. The number of esters is 4. The van der Waals surface area contributed by atoms with Crippen LogP contribution in [0.4, 0.5) is 0 Å². The number of carbonyl (C=O) groups excluding carboxylic acids is 4. The van der Waals surface area contributed by atoms with Crippen molar-refractivity contribution < 1.29 is 80.2 Å². The first kappa shape index (κ1) is 94.5. The molecule has 0 aromatic carbocycles. The van der Waals surface area contributed by atoms with Crippen molar-refractivity contribution in [3.05, 3.63) is 24.3 Å². The molecule has 97 heavy (non-hydrogen) atoms. The van der Waals surface area contributed by atoms with Gasteiger partial charge in [0, 0.05) is 25.7 Å². The van der Waals surface area contributed by atoms with Gasteiger partial charge in [-0.1, -0.05) is 335 Å². The largest absolute Gasteiger partial charge is 0.472 e. The van der Waals surface area contributed by atoms with E-state index in [4.69, 9.17) is 37.0 Å². The highest BCUT2D eigenvalue weighted by atomic mass is 31.2. The molecule has 0 spiro atoms. The third-order valence-corrected chi connectivity index (χ3v) is 19.6. The van der Waals surface area contributed by atoms with Gasteiger partial charge in [-0.15, -0.1) is 0 Å². The second-order valence-electron chi connectivity index (χ2n) is 27.9. The van der Waals surface area contributed by atoms with Crippen LogP contribution in [0.1, 0.15) is 388 Å². The fraction of sp³-hybridized carbons (Fsp3) is 0.897. The zero-order valence-electron chi connectivity index (χ0n) is 62.7. The fourth-order valence-corrected chi connectivity index (χ4v) is 13.1. The Bertz CT molecular complexity index is 1950. The molecule has 0 fully saturated rings. The molecule has 17 nitrogen and oxygen atoms in total. The molecule has 0 heterocycles. The van der Waals surface area contributed by atoms with E-state index >= 15 is 0 Å². The first-order valence-electron chi connectivity index (χ1n) is 40.0. The Labute approximate surface area is 592 Å². The average Bonchev–Trinajstić information content (AvgIpc) is 1.04. The van der Waals surface area contributed by atoms with Crippen LogP contribution in [0.5, 0.6) is 0 Å². The van der Waals surface area contributed by atoms with Crippen LogP contribution in [0.15, 0.2) is 24.3 Å². The number of unbranched alkanes of at least 4 members (excludes halogenated alkanes) is 45. The van der Waals surface area contributed by atoms with Gasteiger partial charge in [-0.25, -0.2) is 9.13 Å². The number of ether oxygens (including phenoxy) is 4. The average molecular weight is 1420 g/mol. The van der Waals surface area contributed by atoms with Crippen molar-refractivity contribution in [2.45, 2.75) is 406 Å². The van der Waals surface area contributed by atoms with E-state index in [1.807, 2.05) is 0 Å². The lowest BCUT2D eigenvalue weighted by molar-refractivity contribution is -0.161. The van der Waals surface area contributed by atoms with Gasteiger partial charge in [-0.05, 0) is 57.3 Å². The summed E-state index contributed by atoms with van der Waals surface area (Å²) in [5.41, 5.74) is 0. The van der Waals surface area contributed by atoms with E-state index in [9.17, 15) is 43.2 Å². The Morgan fingerprint density at radius 2 is 0.557 bits per heavy atom. The van der Waals surface area contributed by atoms with Crippen LogP contribution >= 0.6 is 15.6 Å². The first-order valence-corrected chi connectivity index (χ1v) is 42.9. The molecule has 0 rings (SSSR count). The van der Waals surface area contributed by atoms with Crippen LogP contribution in [0.2, 0.25) is 0 Å². The van der Waals surface area contributed by atoms with Crippen LogP contribution in [0.25, 0.3) is 0 Å². The summed E-state index contributed by atoms with van der Waals surface area (Å²) < 4.78 is 68.5. The number of phosphoric ester groups is 2. The van der Waals surface area contributed by atoms with Crippen molar-refractivity contribution in [2.75, 3.05) is 39.6 Å². The van der Waals surface area contributed by atoms with Crippen molar-refractivity contribution >= 4 is 39.5 Å². The minimum Gasteiger partial charge on any atom is -0.462 e. The SMILES string of the molecule is CCCCCC/C=C\C=C/CCCCCCCC(=O)OC[C@H](COP(=O)(O)OC[C@@H](O)COP(=O)(O)OC[C@@H](COC(=O)CCCCCCCCCC(C)C)OC(=O)CCCCCCCCCCCCCCC)OC(=O)CCCCCCCCCCCCCCCCCCCCC. The van der Waals surface area contributed by atoms with Crippen molar-refractivity contribution in [2.24, 2.45) is 5.92 Å². The molecular weight excluding hydrogens is 1270 g/mol. The molecule has 0 radical (unpaired) electrons. The van der Waals surface area contributed by atoms with Crippen molar-refractivity contribution in [1.82, 2.24) is 0 Å². The molecule has 0 aliphatic rings. The van der Waals surface area contributed by atoms with Crippen LogP contribution in [0.3, 0.4) is 0 Å². The normalized spacial score (nSPS) is 14.1. The van der Waals surface area contributed by atoms with Gasteiger partial charge in [0.1, 0.15) is 19.3 Å². The van der Waals surface area contributed by atoms with E-state index in [0.29, 0.717) is 31.6 Å². The molecule has 0 saturated heterocycles. The first-order chi connectivity index (χ1) is 47.0. The maximum atomic E-state index is 13.1. The molecule has 3 N–H and O–H groups in total. The second-order valence-corrected chi connectivity index (χ2v) is 30.8. The summed E-state index contributed by atoms with van der Waals surface area (Å²) in [6.07, 6.45) is 63.3. The van der Waals surface area contributed by atoms with Gasteiger partial charge in [-0.3, -0.25) is 37.3 Å². The zero-order chi connectivity index (χ0) is 71.2. The maximum Gasteiger partial charge on any atom is 0.472 e. The molecule has 5 atom stereocenters. The smallest absolute Gasteiger partial charge is 0.462 e. The quantitative estimate of drug-likeness (QED) is 0.0169. The molecule has 0 saturated carbocycles. The van der Waals surface area contributed by atoms with Crippen LogP contribution < -0.4 is 0 Å². The Hall–Kier alpha value is -2.46. The van der Waals surface area contributed by atoms with Gasteiger partial charge in [-0.2, -0.15) is 0 Å². The van der Waals surface area contributed by atoms with Gasteiger partial charge in [0.15, 0.2) is 12.2 Å². The Balaban J connectivity index is 5.27. The van der Waals surface area contributed by atoms with Crippen molar-refractivity contribution in [3.8, 4) is 0 Å². The van der Waals surface area contributed by atoms with Gasteiger partial charge in [0.05, 0.1) is 26.4 Å². The predicted molar refractivity (Wildman–Crippen MR) is 395 cm³/mol. The standard InChI is InChI=1S/C78H148O17P2/c1-6-9-12-15-18-21-24-27-29-30-31-32-34-37-40-43-48-54-59-64-78(83)94-73(67-88-75(80)61-56-51-46-41-38-36-33-28-25-22-19-16-13-10-7-2)69-92-96(84,85)90-65-72(79)66-91-97(86,87)93-70-74(68-89-76(81)62-57-52-49-44-45-50-55-60-71(4)5)95-77(82)63-58-53-47-42-39-35-26-23-20-17-14-11-8-3/h22,25,28,33,71-74,79H,6-21,23-24,26-27,29-32,34-70H2,1-5H3,(H,84,85)(H,86,87)/b25-22-,33-28-/t72-,73-,74-/m1/s1. The third kappa shape index (κ3) is 71.7. The van der Waals surface area contributed by atoms with Crippen molar-refractivity contribution in [3.63, 3.8) is 0 Å². The van der Waals surface area contributed by atoms with Crippen LogP contribution in [-0.2, 0) is 65.4 Å². The van der Waals surface area contributed by atoms with E-state index in [0.717, 1.165) is 116 Å². The lowest BCUT2D eigenvalue weighted by Gasteiger charge is -2.21. The predicted octanol–water partition coefficient (Wildman–Crippen LogP) is 22.8. The highest BCUT2D eigenvalue weighted by Gasteiger charge is 2.30. The van der Waals surface area contributed by atoms with E-state index in [2.05, 4.69) is 58.9 Å². The number of aliphatic hydroxyl groups excluding tert-OH is 1. The fourth-order valence-electron chi connectivity index (χ4n) is 11.5. The summed E-state index contributed by atoms with van der Waals surface area (Å²) in [6, 6.07) is 0. The molecule has 2 unspecified atom stereocenters. The number of carbonyl (C=O) groups is 4. The maximum absolute atomic E-state index is 13.1. The zero-order valence-corrected chi connectivity index (χ0v) is 64.5. The summed E-state index contributed by atoms with van der Waals surface area (Å²) in [4.78, 5) is 72.8. The Morgan fingerprint density at radius 1 is 0.320 bits per heavy atom. The Kier molecular flexibility index (Phi) is 68.8. The molecule has 0 amide bonds. The number of hydrogen-bond acceptors (Lipinski definition) is 15. The van der Waals surface area contributed by atoms with Gasteiger partial charge < -0.3 is 33.8 Å². The summed E-state index contributed by atoms with van der Waals surface area (Å²) in [5.74, 6) is -1.44. The highest BCUT2D eigenvalue weighted by molar-refractivity contribution is 7.47. The van der Waals surface area contributed by atoms with E-state index in [1.165, 1.54) is 186 Å². The molecule has 0 aliphatic heterocycles. The number of rotatable bonds is 76. The van der Waals surface area contributed by atoms with E-state index in [1.54, 1.807) is 0 Å². The van der Waals surface area contributed by atoms with Gasteiger partial charge >= 0.3 is 39.5 Å². The second kappa shape index (κ2) is 70.6. The lowest BCUT2D eigenvalue weighted by atomic mass is 10.0. The molecular formula is C78H148O17P2. The molecule has 0 aromatic heterocycles. The minimum atomic E-state index is -4.97. The molecule has 0 aromatic rings. The molecule has 19 heteroatoms. The number of phosphoric acid groups is 2. The summed E-state index contributed by atoms with van der Waals surface area (Å²) >= 11 is 0. The van der Waals surface area contributed by atoms with E-state index in [-0.39, 0.29) is 25.7 Å². The van der Waals surface area contributed by atoms with Gasteiger partial charge in [0.2, 0.25) is 0 Å². The Morgan fingerprint density at radius 3 is 0.845 bits per heavy atom. The van der Waals surface area contributed by atoms with Crippen LogP contribution in [-0.4, -0.2) is 96.7 Å². The topological polar surface area (TPSA) is 237 Å². The number of hydrogen-bond donors (Lipinski definition) is 3. The monoisotopic (exact) mass is 1420 g/mol. The van der Waals surface area contributed by atoms with Gasteiger partial charge in [0.25, 0.3) is 0 Å². The number of aliphatic hydroxyl groups is 1. The minimum absolute atomic E-state index is 0.102. The highest BCUT2D eigenvalue weighted by Crippen LogP contribution is 2.45. The third-order valence-electron chi connectivity index (χ3n) is 17.7. The summed E-state index contributed by atoms with van der Waals surface area (Å²) in [6.45, 7) is 7.18. The van der Waals surface area contributed by atoms with E-state index < -0.39 is 97.5 Å². The summed E-state index contributed by atoms with van der Waals surface area (Å²) in [5, 5.41) is 10.6. The number of allylic oxidation sites excluding steroid dienone is 4. The van der Waals surface area contributed by atoms with Crippen LogP contribution in [0, 0.1) is 5.92 Å². The molecule has 572 valence electrons. The lowest BCUT2D eigenvalue weighted by Crippen LogP contribution is -2.30. The molecule has 0 bridgehead atoms. The molecule has 0 aliphatic carbocycles.